The minimum absolute atomic E-state index is 0.0127. The van der Waals surface area contributed by atoms with Crippen LogP contribution in [-0.2, 0) is 32.6 Å². The summed E-state index contributed by atoms with van der Waals surface area (Å²) in [4.78, 5) is 29.4. The Bertz CT molecular complexity index is 1460. The second-order valence-corrected chi connectivity index (χ2v) is 12.8. The molecule has 0 aliphatic heterocycles. The van der Waals surface area contributed by atoms with Crippen LogP contribution in [0, 0.1) is 5.82 Å². The highest BCUT2D eigenvalue weighted by Gasteiger charge is 2.34. The van der Waals surface area contributed by atoms with Gasteiger partial charge in [-0.15, -0.1) is 0 Å². The molecule has 3 aromatic rings. The zero-order valence-corrected chi connectivity index (χ0v) is 25.6. The van der Waals surface area contributed by atoms with Gasteiger partial charge in [0.2, 0.25) is 21.8 Å². The van der Waals surface area contributed by atoms with E-state index in [1.54, 1.807) is 42.5 Å². The van der Waals surface area contributed by atoms with E-state index in [1.165, 1.54) is 11.0 Å². The zero-order chi connectivity index (χ0) is 30.8. The molecule has 8 nitrogen and oxygen atoms in total. The normalized spacial score (nSPS) is 14.5. The molecular formula is C33H40FN3O5S. The van der Waals surface area contributed by atoms with E-state index in [4.69, 9.17) is 4.74 Å². The van der Waals surface area contributed by atoms with E-state index < -0.39 is 34.3 Å². The minimum Gasteiger partial charge on any atom is -0.494 e. The lowest BCUT2D eigenvalue weighted by Crippen LogP contribution is -2.55. The van der Waals surface area contributed by atoms with Crippen molar-refractivity contribution in [2.75, 3.05) is 23.7 Å². The van der Waals surface area contributed by atoms with Gasteiger partial charge in [0.15, 0.2) is 0 Å². The number of ether oxygens (including phenoxy) is 1. The lowest BCUT2D eigenvalue weighted by atomic mass is 9.94. The Labute approximate surface area is 253 Å². The number of sulfonamides is 1. The molecule has 4 rings (SSSR count). The summed E-state index contributed by atoms with van der Waals surface area (Å²) < 4.78 is 47.3. The summed E-state index contributed by atoms with van der Waals surface area (Å²) in [6.07, 6.45) is 6.05. The van der Waals surface area contributed by atoms with Gasteiger partial charge in [0.05, 0.1) is 18.6 Å². The van der Waals surface area contributed by atoms with Crippen LogP contribution >= 0.6 is 0 Å². The van der Waals surface area contributed by atoms with Crippen LogP contribution in [0.3, 0.4) is 0 Å². The lowest BCUT2D eigenvalue weighted by molar-refractivity contribution is -0.140. The summed E-state index contributed by atoms with van der Waals surface area (Å²) in [6.45, 7) is 1.52. The standard InChI is InChI=1S/C33H40FN3O5S/c1-3-42-29-20-18-28(19-21-29)37(43(2,40)41)24-32(38)36(23-26-14-10-11-17-30(26)34)31(22-25-12-6-4-7-13-25)33(39)35-27-15-8-5-9-16-27/h4,6-7,10-14,17-21,27,31H,3,5,8-9,15-16,22-24H2,1-2H3,(H,35,39)/t31-/m1/s1. The molecule has 0 bridgehead atoms. The number of amides is 2. The van der Waals surface area contributed by atoms with E-state index in [1.807, 2.05) is 37.3 Å². The Morgan fingerprint density at radius 2 is 1.60 bits per heavy atom. The Kier molecular flexibility index (Phi) is 11.2. The van der Waals surface area contributed by atoms with Crippen molar-refractivity contribution in [2.24, 2.45) is 0 Å². The van der Waals surface area contributed by atoms with E-state index in [-0.39, 0.29) is 36.2 Å². The van der Waals surface area contributed by atoms with Gasteiger partial charge in [0.25, 0.3) is 0 Å². The third-order valence-electron chi connectivity index (χ3n) is 7.64. The van der Waals surface area contributed by atoms with Crippen LogP contribution < -0.4 is 14.4 Å². The second kappa shape index (κ2) is 15.0. The van der Waals surface area contributed by atoms with Crippen molar-refractivity contribution in [3.05, 3.63) is 95.8 Å². The van der Waals surface area contributed by atoms with Crippen molar-refractivity contribution in [3.8, 4) is 5.75 Å². The average molecular weight is 610 g/mol. The molecule has 1 atom stereocenters. The summed E-state index contributed by atoms with van der Waals surface area (Å²) in [7, 11) is -3.91. The predicted molar refractivity (Wildman–Crippen MR) is 166 cm³/mol. The molecule has 1 aliphatic rings. The largest absolute Gasteiger partial charge is 0.494 e. The predicted octanol–water partition coefficient (Wildman–Crippen LogP) is 5.08. The van der Waals surface area contributed by atoms with Gasteiger partial charge in [-0.05, 0) is 55.7 Å². The Balaban J connectivity index is 1.71. The van der Waals surface area contributed by atoms with Crippen LogP contribution in [-0.4, -0.2) is 56.6 Å². The van der Waals surface area contributed by atoms with E-state index >= 15 is 0 Å². The van der Waals surface area contributed by atoms with E-state index in [2.05, 4.69) is 5.32 Å². The van der Waals surface area contributed by atoms with E-state index in [9.17, 15) is 22.4 Å². The third kappa shape index (κ3) is 9.03. The molecule has 230 valence electrons. The first-order valence-electron chi connectivity index (χ1n) is 14.7. The van der Waals surface area contributed by atoms with Crippen LogP contribution in [0.15, 0.2) is 78.9 Å². The smallest absolute Gasteiger partial charge is 0.244 e. The molecule has 0 aromatic heterocycles. The van der Waals surface area contributed by atoms with Gasteiger partial charge in [-0.25, -0.2) is 12.8 Å². The van der Waals surface area contributed by atoms with Crippen molar-refractivity contribution in [2.45, 2.75) is 64.1 Å². The quantitative estimate of drug-likeness (QED) is 0.292. The van der Waals surface area contributed by atoms with E-state index in [0.717, 1.165) is 48.2 Å². The zero-order valence-electron chi connectivity index (χ0n) is 24.7. The van der Waals surface area contributed by atoms with Crippen LogP contribution in [0.1, 0.15) is 50.2 Å². The maximum atomic E-state index is 14.9. The molecule has 1 aliphatic carbocycles. The number of benzene rings is 3. The molecule has 43 heavy (non-hydrogen) atoms. The molecule has 1 N–H and O–H groups in total. The summed E-state index contributed by atoms with van der Waals surface area (Å²) in [5.41, 5.74) is 1.33. The number of nitrogens with one attached hydrogen (secondary N) is 1. The highest BCUT2D eigenvalue weighted by Crippen LogP contribution is 2.24. The Morgan fingerprint density at radius 3 is 2.23 bits per heavy atom. The number of nitrogens with zero attached hydrogens (tertiary/aromatic N) is 2. The fraction of sp³-hybridized carbons (Fsp3) is 0.394. The first-order chi connectivity index (χ1) is 20.7. The number of rotatable bonds is 13. The summed E-state index contributed by atoms with van der Waals surface area (Å²) in [5.74, 6) is -0.915. The Hall–Kier alpha value is -3.92. The van der Waals surface area contributed by atoms with Crippen molar-refractivity contribution in [3.63, 3.8) is 0 Å². The fourth-order valence-corrected chi connectivity index (χ4v) is 6.25. The van der Waals surface area contributed by atoms with Gasteiger partial charge in [-0.3, -0.25) is 13.9 Å². The molecule has 0 radical (unpaired) electrons. The molecule has 3 aromatic carbocycles. The number of hydrogen-bond acceptors (Lipinski definition) is 5. The Morgan fingerprint density at radius 1 is 0.953 bits per heavy atom. The summed E-state index contributed by atoms with van der Waals surface area (Å²) in [6, 6.07) is 20.8. The van der Waals surface area contributed by atoms with Gasteiger partial charge < -0.3 is 15.0 Å². The number of carbonyl (C=O) groups excluding carboxylic acids is 2. The molecule has 1 saturated carbocycles. The summed E-state index contributed by atoms with van der Waals surface area (Å²) >= 11 is 0. The van der Waals surface area contributed by atoms with Crippen LogP contribution in [0.2, 0.25) is 0 Å². The molecule has 0 unspecified atom stereocenters. The van der Waals surface area contributed by atoms with Gasteiger partial charge in [0.1, 0.15) is 24.2 Å². The minimum atomic E-state index is -3.91. The number of hydrogen-bond donors (Lipinski definition) is 1. The summed E-state index contributed by atoms with van der Waals surface area (Å²) in [5, 5.41) is 3.14. The maximum Gasteiger partial charge on any atom is 0.244 e. The molecule has 2 amide bonds. The van der Waals surface area contributed by atoms with Gasteiger partial charge in [0, 0.05) is 24.6 Å². The van der Waals surface area contributed by atoms with Gasteiger partial charge >= 0.3 is 0 Å². The monoisotopic (exact) mass is 609 g/mol. The van der Waals surface area contributed by atoms with Crippen LogP contribution in [0.5, 0.6) is 5.75 Å². The highest BCUT2D eigenvalue weighted by molar-refractivity contribution is 7.92. The van der Waals surface area contributed by atoms with Gasteiger partial charge in [-0.1, -0.05) is 67.8 Å². The molecule has 1 fully saturated rings. The maximum absolute atomic E-state index is 14.9. The first kappa shape index (κ1) is 32.0. The lowest BCUT2D eigenvalue weighted by Gasteiger charge is -2.35. The van der Waals surface area contributed by atoms with E-state index in [0.29, 0.717) is 12.4 Å². The third-order valence-corrected chi connectivity index (χ3v) is 8.78. The second-order valence-electron chi connectivity index (χ2n) is 10.9. The topological polar surface area (TPSA) is 96.0 Å². The van der Waals surface area contributed by atoms with Crippen molar-refractivity contribution >= 4 is 27.5 Å². The highest BCUT2D eigenvalue weighted by atomic mass is 32.2. The fourth-order valence-electron chi connectivity index (χ4n) is 5.40. The molecule has 0 heterocycles. The molecule has 0 saturated heterocycles. The average Bonchev–Trinajstić information content (AvgIpc) is 2.99. The molecule has 10 heteroatoms. The van der Waals surface area contributed by atoms with Crippen molar-refractivity contribution in [1.82, 2.24) is 10.2 Å². The number of carbonyl (C=O) groups is 2. The van der Waals surface area contributed by atoms with Crippen LogP contribution in [0.4, 0.5) is 10.1 Å². The molecule has 0 spiro atoms. The number of anilines is 1. The van der Waals surface area contributed by atoms with Crippen LogP contribution in [0.25, 0.3) is 0 Å². The first-order valence-corrected chi connectivity index (χ1v) is 16.6. The van der Waals surface area contributed by atoms with Crippen molar-refractivity contribution in [1.29, 1.82) is 0 Å². The molecular weight excluding hydrogens is 569 g/mol. The SMILES string of the molecule is CCOc1ccc(N(CC(=O)N(Cc2ccccc2F)[C@H](Cc2ccccc2)C(=O)NC2CCCCC2)S(C)(=O)=O)cc1. The number of halogens is 1. The van der Waals surface area contributed by atoms with Gasteiger partial charge in [-0.2, -0.15) is 0 Å². The van der Waals surface area contributed by atoms with Crippen molar-refractivity contribution < 1.29 is 27.1 Å².